The highest BCUT2D eigenvalue weighted by molar-refractivity contribution is 6.33. The summed E-state index contributed by atoms with van der Waals surface area (Å²) >= 11 is 6.32. The lowest BCUT2D eigenvalue weighted by molar-refractivity contribution is 0.364. The number of halogens is 1. The zero-order chi connectivity index (χ0) is 15.3. The van der Waals surface area contributed by atoms with Crippen molar-refractivity contribution in [3.05, 3.63) is 41.9 Å². The summed E-state index contributed by atoms with van der Waals surface area (Å²) in [5.41, 5.74) is 1.91. The predicted octanol–water partition coefficient (Wildman–Crippen LogP) is 4.27. The lowest BCUT2D eigenvalue weighted by Gasteiger charge is -2.25. The lowest BCUT2D eigenvalue weighted by atomic mass is 9.88. The Kier molecular flexibility index (Phi) is 4.87. The third-order valence-electron chi connectivity index (χ3n) is 3.42. The number of benzene rings is 1. The largest absolute Gasteiger partial charge is 0.383 e. The molecule has 0 aliphatic rings. The van der Waals surface area contributed by atoms with Crippen molar-refractivity contribution < 1.29 is 0 Å². The molecule has 1 N–H and O–H groups in total. The molecule has 0 saturated heterocycles. The molecule has 1 aromatic carbocycles. The van der Waals surface area contributed by atoms with E-state index >= 15 is 0 Å². The number of anilines is 1. The Labute approximate surface area is 130 Å². The van der Waals surface area contributed by atoms with Crippen LogP contribution in [0.15, 0.2) is 36.9 Å². The normalized spacial score (nSPS) is 11.1. The fourth-order valence-electron chi connectivity index (χ4n) is 2.13. The quantitative estimate of drug-likeness (QED) is 0.867. The van der Waals surface area contributed by atoms with E-state index in [-0.39, 0.29) is 5.41 Å². The third kappa shape index (κ3) is 3.99. The van der Waals surface area contributed by atoms with Gasteiger partial charge in [-0.1, -0.05) is 31.5 Å². The number of aromatic nitrogens is 2. The van der Waals surface area contributed by atoms with E-state index < -0.39 is 0 Å². The maximum atomic E-state index is 8.72. The number of para-hydroxylation sites is 1. The van der Waals surface area contributed by atoms with E-state index in [1.54, 1.807) is 12.5 Å². The Morgan fingerprint density at radius 3 is 2.90 bits per heavy atom. The topological polar surface area (TPSA) is 53.6 Å². The van der Waals surface area contributed by atoms with Gasteiger partial charge in [0.05, 0.1) is 28.8 Å². The van der Waals surface area contributed by atoms with E-state index in [2.05, 4.69) is 30.2 Å². The first-order chi connectivity index (χ1) is 10.0. The van der Waals surface area contributed by atoms with Crippen molar-refractivity contribution in [2.45, 2.75) is 26.7 Å². The number of nitrogens with zero attached hydrogens (tertiary/aromatic N) is 3. The Morgan fingerprint density at radius 1 is 1.43 bits per heavy atom. The van der Waals surface area contributed by atoms with E-state index in [9.17, 15) is 0 Å². The van der Waals surface area contributed by atoms with Gasteiger partial charge < -0.3 is 9.88 Å². The second-order valence-electron chi connectivity index (χ2n) is 5.78. The van der Waals surface area contributed by atoms with E-state index in [0.29, 0.717) is 11.4 Å². The van der Waals surface area contributed by atoms with Crippen LogP contribution in [0.4, 0.5) is 5.69 Å². The van der Waals surface area contributed by atoms with Crippen molar-refractivity contribution in [1.29, 1.82) is 5.26 Å². The molecule has 2 rings (SSSR count). The average Bonchev–Trinajstić information content (AvgIpc) is 2.97. The smallest absolute Gasteiger partial charge is 0.0992 e. The van der Waals surface area contributed by atoms with Crippen molar-refractivity contribution in [3.8, 4) is 11.8 Å². The molecule has 0 unspecified atom stereocenters. The monoisotopic (exact) mass is 302 g/mol. The van der Waals surface area contributed by atoms with Gasteiger partial charge in [-0.3, -0.25) is 0 Å². The molecule has 5 heteroatoms. The summed E-state index contributed by atoms with van der Waals surface area (Å²) < 4.78 is 1.90. The molecule has 0 aliphatic carbocycles. The second-order valence-corrected chi connectivity index (χ2v) is 6.19. The molecular weight excluding hydrogens is 284 g/mol. The zero-order valence-electron chi connectivity index (χ0n) is 12.3. The summed E-state index contributed by atoms with van der Waals surface area (Å²) in [6, 6.07) is 7.99. The number of imidazole rings is 1. The molecular formula is C16H19ClN4. The van der Waals surface area contributed by atoms with E-state index in [4.69, 9.17) is 16.9 Å². The van der Waals surface area contributed by atoms with Gasteiger partial charge in [-0.05, 0) is 24.0 Å². The maximum Gasteiger partial charge on any atom is 0.0992 e. The van der Waals surface area contributed by atoms with Crippen LogP contribution in [-0.4, -0.2) is 16.1 Å². The number of hydrogen-bond donors (Lipinski definition) is 1. The highest BCUT2D eigenvalue weighted by Gasteiger charge is 2.18. The maximum absolute atomic E-state index is 8.72. The van der Waals surface area contributed by atoms with Gasteiger partial charge in [0.2, 0.25) is 0 Å². The van der Waals surface area contributed by atoms with Gasteiger partial charge in [-0.15, -0.1) is 0 Å². The molecule has 0 radical (unpaired) electrons. The van der Waals surface area contributed by atoms with Crippen molar-refractivity contribution in [2.75, 3.05) is 11.9 Å². The van der Waals surface area contributed by atoms with Crippen LogP contribution < -0.4 is 5.32 Å². The van der Waals surface area contributed by atoms with Crippen LogP contribution in [-0.2, 0) is 0 Å². The van der Waals surface area contributed by atoms with Gasteiger partial charge in [0, 0.05) is 25.4 Å². The third-order valence-corrected chi connectivity index (χ3v) is 3.73. The van der Waals surface area contributed by atoms with E-state index in [1.165, 1.54) is 0 Å². The Bertz CT molecular complexity index is 626. The number of rotatable bonds is 6. The first kappa shape index (κ1) is 15.4. The van der Waals surface area contributed by atoms with Crippen LogP contribution in [0.2, 0.25) is 5.02 Å². The van der Waals surface area contributed by atoms with Gasteiger partial charge in [0.1, 0.15) is 0 Å². The van der Waals surface area contributed by atoms with Gasteiger partial charge in [-0.2, -0.15) is 5.26 Å². The van der Waals surface area contributed by atoms with Crippen LogP contribution in [0.25, 0.3) is 5.69 Å². The molecule has 0 amide bonds. The van der Waals surface area contributed by atoms with Crippen LogP contribution in [0.5, 0.6) is 0 Å². The van der Waals surface area contributed by atoms with Crippen LogP contribution in [0, 0.1) is 16.7 Å². The number of nitrogens with one attached hydrogen (secondary N) is 1. The minimum atomic E-state index is 0.0459. The van der Waals surface area contributed by atoms with E-state index in [1.807, 2.05) is 29.0 Å². The molecule has 1 aromatic heterocycles. The first-order valence-electron chi connectivity index (χ1n) is 6.91. The zero-order valence-corrected chi connectivity index (χ0v) is 13.1. The summed E-state index contributed by atoms with van der Waals surface area (Å²) in [4.78, 5) is 4.07. The predicted molar refractivity (Wildman–Crippen MR) is 85.7 cm³/mol. The van der Waals surface area contributed by atoms with E-state index in [0.717, 1.165) is 24.3 Å². The molecule has 2 aromatic rings. The van der Waals surface area contributed by atoms with Crippen molar-refractivity contribution >= 4 is 17.3 Å². The molecule has 0 saturated carbocycles. The summed E-state index contributed by atoms with van der Waals surface area (Å²) in [5.74, 6) is 0. The summed E-state index contributed by atoms with van der Waals surface area (Å²) in [6.45, 7) is 5.08. The number of nitriles is 1. The van der Waals surface area contributed by atoms with Gasteiger partial charge in [0.25, 0.3) is 0 Å². The molecule has 0 bridgehead atoms. The molecule has 1 heterocycles. The van der Waals surface area contributed by atoms with Crippen LogP contribution in [0.1, 0.15) is 26.7 Å². The van der Waals surface area contributed by atoms with Gasteiger partial charge in [-0.25, -0.2) is 4.98 Å². The first-order valence-corrected chi connectivity index (χ1v) is 7.29. The molecule has 0 aliphatic heterocycles. The lowest BCUT2D eigenvalue weighted by Crippen LogP contribution is -2.23. The summed E-state index contributed by atoms with van der Waals surface area (Å²) in [6.07, 6.45) is 6.75. The highest BCUT2D eigenvalue weighted by atomic mass is 35.5. The van der Waals surface area contributed by atoms with Crippen molar-refractivity contribution in [1.82, 2.24) is 9.55 Å². The van der Waals surface area contributed by atoms with Crippen LogP contribution in [0.3, 0.4) is 0 Å². The molecule has 0 spiro atoms. The molecule has 0 atom stereocenters. The fraction of sp³-hybridized carbons (Fsp3) is 0.375. The highest BCUT2D eigenvalue weighted by Crippen LogP contribution is 2.30. The van der Waals surface area contributed by atoms with Gasteiger partial charge >= 0.3 is 0 Å². The molecule has 0 fully saturated rings. The van der Waals surface area contributed by atoms with Crippen LogP contribution >= 0.6 is 11.6 Å². The average molecular weight is 303 g/mol. The van der Waals surface area contributed by atoms with Crippen molar-refractivity contribution in [2.24, 2.45) is 5.41 Å². The summed E-state index contributed by atoms with van der Waals surface area (Å²) in [7, 11) is 0. The fourth-order valence-corrected chi connectivity index (χ4v) is 2.40. The molecule has 4 nitrogen and oxygen atoms in total. The summed E-state index contributed by atoms with van der Waals surface area (Å²) in [5, 5.41) is 12.8. The SMILES string of the molecule is CC(C)(CCC#N)CNc1cccc(Cl)c1-n1ccnc1. The minimum absolute atomic E-state index is 0.0459. The molecule has 21 heavy (non-hydrogen) atoms. The second kappa shape index (κ2) is 6.64. The molecule has 110 valence electrons. The standard InChI is InChI=1S/C16H19ClN4/c1-16(2,7-4-8-18)11-20-14-6-3-5-13(17)15(14)21-10-9-19-12-21/h3,5-6,9-10,12,20H,4,7,11H2,1-2H3. The van der Waals surface area contributed by atoms with Gasteiger partial charge in [0.15, 0.2) is 0 Å². The Morgan fingerprint density at radius 2 is 2.24 bits per heavy atom. The Balaban J connectivity index is 2.18. The number of hydrogen-bond acceptors (Lipinski definition) is 3. The Hall–Kier alpha value is -1.99. The minimum Gasteiger partial charge on any atom is -0.383 e. The van der Waals surface area contributed by atoms with Crippen molar-refractivity contribution in [3.63, 3.8) is 0 Å².